The quantitative estimate of drug-likeness (QED) is 0.109. The number of hydrogen-bond acceptors (Lipinski definition) is 8. The Hall–Kier alpha value is -4.87. The zero-order valence-electron chi connectivity index (χ0n) is 22.2. The molecule has 0 saturated carbocycles. The maximum Gasteiger partial charge on any atom is 0.294 e. The number of phenols is 1. The van der Waals surface area contributed by atoms with Gasteiger partial charge in [-0.2, -0.15) is 0 Å². The monoisotopic (exact) mass is 534 g/mol. The van der Waals surface area contributed by atoms with Gasteiger partial charge in [-0.15, -0.1) is 0 Å². The first-order valence-corrected chi connectivity index (χ1v) is 12.5. The van der Waals surface area contributed by atoms with Gasteiger partial charge in [0, 0.05) is 47.1 Å². The third-order valence-corrected chi connectivity index (χ3v) is 5.70. The number of nitrogens with zero attached hydrogens (tertiary/aromatic N) is 2. The lowest BCUT2D eigenvalue weighted by atomic mass is 10.1. The Morgan fingerprint density at radius 3 is 2.51 bits per heavy atom. The lowest BCUT2D eigenvalue weighted by Gasteiger charge is -2.17. The van der Waals surface area contributed by atoms with Gasteiger partial charge in [-0.25, -0.2) is 4.98 Å². The SMILES string of the molecule is CCCNC(=O)c1cc(N)cc(-c2cnc(NC(C)C)c(=O)n2CC(=O)NCc2ccc(C(=N)N)cc2O)c1. The van der Waals surface area contributed by atoms with Crippen LogP contribution in [-0.2, 0) is 17.9 Å². The Morgan fingerprint density at radius 2 is 1.87 bits per heavy atom. The van der Waals surface area contributed by atoms with Crippen LogP contribution in [0.4, 0.5) is 11.5 Å². The van der Waals surface area contributed by atoms with E-state index in [9.17, 15) is 19.5 Å². The van der Waals surface area contributed by atoms with Crippen molar-refractivity contribution in [3.63, 3.8) is 0 Å². The predicted octanol–water partition coefficient (Wildman–Crippen LogP) is 1.76. The van der Waals surface area contributed by atoms with Crippen molar-refractivity contribution < 1.29 is 14.7 Å². The van der Waals surface area contributed by atoms with Crippen molar-refractivity contribution in [1.29, 1.82) is 5.41 Å². The van der Waals surface area contributed by atoms with E-state index in [-0.39, 0.29) is 42.4 Å². The number of rotatable bonds is 11. The number of phenolic OH excluding ortho intramolecular Hbond substituents is 1. The molecule has 9 N–H and O–H groups in total. The molecule has 0 aliphatic heterocycles. The summed E-state index contributed by atoms with van der Waals surface area (Å²) in [4.78, 5) is 43.2. The van der Waals surface area contributed by atoms with Gasteiger partial charge in [0.2, 0.25) is 5.91 Å². The fourth-order valence-electron chi connectivity index (χ4n) is 3.79. The van der Waals surface area contributed by atoms with Crippen molar-refractivity contribution in [2.45, 2.75) is 46.3 Å². The molecule has 2 aromatic carbocycles. The molecular formula is C27H34N8O4. The smallest absolute Gasteiger partial charge is 0.294 e. The highest BCUT2D eigenvalue weighted by atomic mass is 16.3. The van der Waals surface area contributed by atoms with Gasteiger partial charge < -0.3 is 32.5 Å². The van der Waals surface area contributed by atoms with Crippen molar-refractivity contribution in [3.05, 3.63) is 69.6 Å². The molecule has 2 amide bonds. The highest BCUT2D eigenvalue weighted by Crippen LogP contribution is 2.24. The van der Waals surface area contributed by atoms with Crippen molar-refractivity contribution in [2.24, 2.45) is 5.73 Å². The summed E-state index contributed by atoms with van der Waals surface area (Å²) in [5.41, 5.74) is 13.1. The van der Waals surface area contributed by atoms with Gasteiger partial charge in [-0.1, -0.05) is 19.1 Å². The predicted molar refractivity (Wildman–Crippen MR) is 151 cm³/mol. The number of hydrogen-bond donors (Lipinski definition) is 7. The molecule has 0 aliphatic carbocycles. The zero-order valence-corrected chi connectivity index (χ0v) is 22.2. The minimum atomic E-state index is -0.524. The van der Waals surface area contributed by atoms with Crippen LogP contribution < -0.4 is 33.0 Å². The van der Waals surface area contributed by atoms with Crippen molar-refractivity contribution in [1.82, 2.24) is 20.2 Å². The molecule has 12 nitrogen and oxygen atoms in total. The summed E-state index contributed by atoms with van der Waals surface area (Å²) in [5.74, 6) is -1.05. The van der Waals surface area contributed by atoms with Crippen LogP contribution in [0.25, 0.3) is 11.3 Å². The molecule has 0 aliphatic rings. The van der Waals surface area contributed by atoms with Gasteiger partial charge in [0.1, 0.15) is 18.1 Å². The van der Waals surface area contributed by atoms with E-state index in [1.165, 1.54) is 22.9 Å². The van der Waals surface area contributed by atoms with Gasteiger partial charge >= 0.3 is 0 Å². The van der Waals surface area contributed by atoms with Crippen molar-refractivity contribution in [2.75, 3.05) is 17.6 Å². The van der Waals surface area contributed by atoms with Gasteiger partial charge in [0.05, 0.1) is 11.9 Å². The number of amidine groups is 1. The third kappa shape index (κ3) is 7.34. The second kappa shape index (κ2) is 12.6. The largest absolute Gasteiger partial charge is 0.508 e. The summed E-state index contributed by atoms with van der Waals surface area (Å²) < 4.78 is 1.26. The third-order valence-electron chi connectivity index (χ3n) is 5.70. The van der Waals surface area contributed by atoms with Gasteiger partial charge in [0.25, 0.3) is 11.5 Å². The number of carbonyl (C=O) groups is 2. The topological polar surface area (TPSA) is 201 Å². The zero-order chi connectivity index (χ0) is 28.7. The fourth-order valence-corrected chi connectivity index (χ4v) is 3.79. The van der Waals surface area contributed by atoms with E-state index in [4.69, 9.17) is 16.9 Å². The minimum Gasteiger partial charge on any atom is -0.508 e. The van der Waals surface area contributed by atoms with E-state index in [1.807, 2.05) is 20.8 Å². The molecule has 0 unspecified atom stereocenters. The second-order valence-electron chi connectivity index (χ2n) is 9.32. The Labute approximate surface area is 226 Å². The summed E-state index contributed by atoms with van der Waals surface area (Å²) in [6.45, 7) is 5.77. The number of nitrogen functional groups attached to an aromatic ring is 2. The molecule has 3 rings (SSSR count). The van der Waals surface area contributed by atoms with Crippen LogP contribution in [0.3, 0.4) is 0 Å². The number of nitrogens with two attached hydrogens (primary N) is 2. The highest BCUT2D eigenvalue weighted by Gasteiger charge is 2.18. The number of nitrogens with one attached hydrogen (secondary N) is 4. The van der Waals surface area contributed by atoms with Crippen LogP contribution in [0.5, 0.6) is 5.75 Å². The molecule has 0 fully saturated rings. The summed E-state index contributed by atoms with van der Waals surface area (Å²) in [6.07, 6.45) is 2.22. The summed E-state index contributed by atoms with van der Waals surface area (Å²) in [6, 6.07) is 9.11. The molecule has 1 aromatic heterocycles. The summed E-state index contributed by atoms with van der Waals surface area (Å²) in [5, 5.41) is 26.2. The van der Waals surface area contributed by atoms with Crippen molar-refractivity contribution >= 4 is 29.2 Å². The molecule has 39 heavy (non-hydrogen) atoms. The van der Waals surface area contributed by atoms with E-state index >= 15 is 0 Å². The molecule has 0 atom stereocenters. The molecule has 0 radical (unpaired) electrons. The van der Waals surface area contributed by atoms with E-state index in [0.717, 1.165) is 6.42 Å². The van der Waals surface area contributed by atoms with Gasteiger partial charge in [0.15, 0.2) is 5.82 Å². The molecule has 12 heteroatoms. The Morgan fingerprint density at radius 1 is 1.13 bits per heavy atom. The lowest BCUT2D eigenvalue weighted by Crippen LogP contribution is -2.35. The Bertz CT molecular complexity index is 1450. The Balaban J connectivity index is 1.94. The first-order chi connectivity index (χ1) is 18.5. The molecule has 206 valence electrons. The number of carbonyl (C=O) groups excluding carboxylic acids is 2. The average molecular weight is 535 g/mol. The Kier molecular flexibility index (Phi) is 9.26. The average Bonchev–Trinajstić information content (AvgIpc) is 2.88. The number of amides is 2. The van der Waals surface area contributed by atoms with Crippen LogP contribution in [0.1, 0.15) is 48.7 Å². The number of benzene rings is 2. The molecule has 0 saturated heterocycles. The molecule has 3 aromatic rings. The van der Waals surface area contributed by atoms with Crippen molar-refractivity contribution in [3.8, 4) is 17.0 Å². The van der Waals surface area contributed by atoms with E-state index in [1.54, 1.807) is 24.3 Å². The van der Waals surface area contributed by atoms with Crippen LogP contribution >= 0.6 is 0 Å². The van der Waals surface area contributed by atoms with Gasteiger partial charge in [-0.05, 0) is 44.5 Å². The first kappa shape index (κ1) is 28.7. The van der Waals surface area contributed by atoms with Crippen LogP contribution in [0.2, 0.25) is 0 Å². The maximum atomic E-state index is 13.4. The first-order valence-electron chi connectivity index (χ1n) is 12.5. The van der Waals surface area contributed by atoms with E-state index < -0.39 is 11.5 Å². The maximum absolute atomic E-state index is 13.4. The van der Waals surface area contributed by atoms with Gasteiger partial charge in [-0.3, -0.25) is 24.4 Å². The minimum absolute atomic E-state index is 0.0187. The standard InChI is InChI=1S/C27H34N8O4/c1-4-7-31-26(38)19-8-18(9-20(28)10-19)21-13-33-25(34-15(2)3)27(39)35(21)14-23(37)32-12-17-6-5-16(24(29)30)11-22(17)36/h5-6,8-11,13,15,36H,4,7,12,14,28H2,1-3H3,(H3,29,30)(H,31,38)(H,32,37)(H,33,34). The van der Waals surface area contributed by atoms with Crippen LogP contribution in [0.15, 0.2) is 47.4 Å². The lowest BCUT2D eigenvalue weighted by molar-refractivity contribution is -0.121. The number of anilines is 2. The fraction of sp³-hybridized carbons (Fsp3) is 0.296. The molecule has 1 heterocycles. The molecular weight excluding hydrogens is 500 g/mol. The van der Waals surface area contributed by atoms with E-state index in [0.29, 0.717) is 40.2 Å². The van der Waals surface area contributed by atoms with Crippen LogP contribution in [-0.4, -0.2) is 44.9 Å². The highest BCUT2D eigenvalue weighted by molar-refractivity contribution is 5.96. The second-order valence-corrected chi connectivity index (χ2v) is 9.32. The summed E-state index contributed by atoms with van der Waals surface area (Å²) >= 11 is 0. The molecule has 0 bridgehead atoms. The van der Waals surface area contributed by atoms with E-state index in [2.05, 4.69) is 20.9 Å². The normalized spacial score (nSPS) is 10.8. The van der Waals surface area contributed by atoms with Crippen LogP contribution in [0, 0.1) is 5.41 Å². The summed E-state index contributed by atoms with van der Waals surface area (Å²) in [7, 11) is 0. The number of aromatic hydroxyl groups is 1. The molecule has 0 spiro atoms. The number of aromatic nitrogens is 2.